The van der Waals surface area contributed by atoms with Gasteiger partial charge in [0.1, 0.15) is 0 Å². The minimum absolute atomic E-state index is 0. The summed E-state index contributed by atoms with van der Waals surface area (Å²) in [7, 11) is 0. The van der Waals surface area contributed by atoms with Crippen LogP contribution in [0.25, 0.3) is 0 Å². The Morgan fingerprint density at radius 3 is 1.00 bits per heavy atom. The van der Waals surface area contributed by atoms with E-state index in [0.29, 0.717) is 0 Å². The van der Waals surface area contributed by atoms with Crippen LogP contribution in [0.5, 0.6) is 0 Å². The molecule has 0 aliphatic rings. The predicted molar refractivity (Wildman–Crippen MR) is 32.3 cm³/mol. The van der Waals surface area contributed by atoms with Gasteiger partial charge in [-0.3, -0.25) is 0 Å². The molecule has 0 bridgehead atoms. The largest absolute Gasteiger partial charge is 0.153 e. The number of rotatable bonds is 0. The maximum atomic E-state index is 0. The average Bonchev–Trinajstić information content (AvgIpc) is 0. The van der Waals surface area contributed by atoms with Gasteiger partial charge in [-0.15, -0.1) is 24.0 Å². The van der Waals surface area contributed by atoms with Crippen molar-refractivity contribution in [2.24, 2.45) is 0 Å². The summed E-state index contributed by atoms with van der Waals surface area (Å²) in [4.78, 5) is 0. The van der Waals surface area contributed by atoms with Gasteiger partial charge in [-0.2, -0.15) is 9.90 Å². The van der Waals surface area contributed by atoms with Crippen LogP contribution in [0.1, 0.15) is 0 Å². The fourth-order valence-electron chi connectivity index (χ4n) is 0. The molecule has 1 atom stereocenters. The van der Waals surface area contributed by atoms with Crippen molar-refractivity contribution in [2.45, 2.75) is 0 Å². The Bertz CT molecular complexity index is 8.00. The zero-order chi connectivity index (χ0) is 0. The molecule has 0 spiro atoms. The number of hydrogen-bond acceptors (Lipinski definition) is 0. The summed E-state index contributed by atoms with van der Waals surface area (Å²) in [5.74, 6) is 0. The van der Waals surface area contributed by atoms with Gasteiger partial charge in [0, 0.05) is 36.5 Å². The van der Waals surface area contributed by atoms with E-state index < -0.39 is 0 Å². The first-order valence-electron chi connectivity index (χ1n) is 0. The van der Waals surface area contributed by atoms with E-state index in [0.717, 1.165) is 0 Å². The van der Waals surface area contributed by atoms with Crippen molar-refractivity contribution in [1.82, 2.24) is 0 Å². The second kappa shape index (κ2) is 18.5. The van der Waals surface area contributed by atoms with E-state index in [9.17, 15) is 0 Å². The van der Waals surface area contributed by atoms with Gasteiger partial charge in [0.2, 0.25) is 0 Å². The molecule has 4 heavy (non-hydrogen) atoms. The molecule has 0 aromatic carbocycles. The van der Waals surface area contributed by atoms with Gasteiger partial charge >= 0.3 is 0 Å². The van der Waals surface area contributed by atoms with E-state index in [1.54, 1.807) is 0 Å². The van der Waals surface area contributed by atoms with Crippen molar-refractivity contribution >= 4 is 50.9 Å². The molecule has 24 valence electrons. The fourth-order valence-corrected chi connectivity index (χ4v) is 0. The molecule has 0 heterocycles. The zero-order valence-corrected chi connectivity index (χ0v) is 10.7. The molecule has 0 aromatic rings. The minimum Gasteiger partial charge on any atom is -0.153 e. The summed E-state index contributed by atoms with van der Waals surface area (Å²) in [6.07, 6.45) is 0. The van der Waals surface area contributed by atoms with Gasteiger partial charge in [-0.1, -0.05) is 0 Å². The first kappa shape index (κ1) is 33.4. The normalized spacial score (nSPS) is 0. The van der Waals surface area contributed by atoms with E-state index in [2.05, 4.69) is 0 Å². The van der Waals surface area contributed by atoms with Crippen LogP contribution in [0, 0.1) is 0 Å². The summed E-state index contributed by atoms with van der Waals surface area (Å²) < 4.78 is 0. The summed E-state index contributed by atoms with van der Waals surface area (Å²) in [6.45, 7) is 0. The average molecular weight is 306 g/mol. The zero-order valence-electron chi connectivity index (χ0n) is 2.23. The van der Waals surface area contributed by atoms with Crippen LogP contribution in [0.2, 0.25) is 0 Å². The van der Waals surface area contributed by atoms with Crippen molar-refractivity contribution < 1.29 is 19.5 Å². The van der Waals surface area contributed by atoms with Gasteiger partial charge in [-0.25, -0.2) is 0 Å². The molecule has 0 nitrogen and oxygen atoms in total. The summed E-state index contributed by atoms with van der Waals surface area (Å²) >= 11 is 0. The van der Waals surface area contributed by atoms with E-state index >= 15 is 0 Å². The van der Waals surface area contributed by atoms with Gasteiger partial charge in [0.15, 0.2) is 0 Å². The molecule has 0 fully saturated rings. The van der Waals surface area contributed by atoms with Crippen LogP contribution in [0.4, 0.5) is 0 Å². The third-order valence-electron chi connectivity index (χ3n) is 0. The summed E-state index contributed by atoms with van der Waals surface area (Å²) in [5.41, 5.74) is 0. The van der Waals surface area contributed by atoms with Crippen LogP contribution in [0.15, 0.2) is 0 Å². The monoisotopic (exact) mass is 306 g/mol. The minimum atomic E-state index is 0. The van der Waals surface area contributed by atoms with Crippen LogP contribution < -0.4 is 0 Å². The molecular weight excluding hydrogens is 302 g/mol. The Balaban J connectivity index is 0. The Labute approximate surface area is 69.7 Å². The SMILES string of the molecule is I.P.[Se].[Zn]. The summed E-state index contributed by atoms with van der Waals surface area (Å²) in [6, 6.07) is 0. The molecule has 0 aromatic heterocycles. The maximum Gasteiger partial charge on any atom is 0 e. The van der Waals surface area contributed by atoms with Crippen LogP contribution in [-0.2, 0) is 19.5 Å². The molecule has 2 radical (unpaired) electrons. The second-order valence-electron chi connectivity index (χ2n) is 0. The first-order valence-corrected chi connectivity index (χ1v) is 0. The third-order valence-corrected chi connectivity index (χ3v) is 0. The van der Waals surface area contributed by atoms with E-state index in [4.69, 9.17) is 0 Å². The second-order valence-corrected chi connectivity index (χ2v) is 0. The molecule has 0 N–H and O–H groups in total. The fraction of sp³-hybridized carbons (Fsp3) is 0. The molecule has 0 rings (SSSR count). The third kappa shape index (κ3) is 8.85. The van der Waals surface area contributed by atoms with E-state index in [1.165, 1.54) is 0 Å². The Morgan fingerprint density at radius 1 is 1.00 bits per heavy atom. The first-order chi connectivity index (χ1) is 0. The summed E-state index contributed by atoms with van der Waals surface area (Å²) in [5, 5.41) is 0. The van der Waals surface area contributed by atoms with Gasteiger partial charge in [0.05, 0.1) is 0 Å². The number of hydrogen-bond donors (Lipinski definition) is 0. The van der Waals surface area contributed by atoms with Crippen molar-refractivity contribution in [3.63, 3.8) is 0 Å². The molecular formula is H4IPSeZn. The topological polar surface area (TPSA) is 0 Å². The standard InChI is InChI=1S/HI.H3P.Se.Zn/h1H;1H3;;. The molecule has 0 saturated heterocycles. The molecule has 0 aliphatic heterocycles. The molecule has 0 aliphatic carbocycles. The Hall–Kier alpha value is 2.30. The quantitative estimate of drug-likeness (QED) is 0.343. The van der Waals surface area contributed by atoms with Crippen LogP contribution in [-0.4, -0.2) is 17.1 Å². The number of halogens is 1. The van der Waals surface area contributed by atoms with Crippen molar-refractivity contribution in [1.29, 1.82) is 0 Å². The van der Waals surface area contributed by atoms with Crippen molar-refractivity contribution in [3.8, 4) is 0 Å². The smallest absolute Gasteiger partial charge is 0 e. The van der Waals surface area contributed by atoms with Gasteiger partial charge < -0.3 is 0 Å². The van der Waals surface area contributed by atoms with Gasteiger partial charge in [0.25, 0.3) is 0 Å². The molecule has 1 unspecified atom stereocenters. The molecule has 4 heteroatoms. The maximum absolute atomic E-state index is 0. The van der Waals surface area contributed by atoms with E-state index in [1.807, 2.05) is 0 Å². The van der Waals surface area contributed by atoms with Crippen molar-refractivity contribution in [3.05, 3.63) is 0 Å². The van der Waals surface area contributed by atoms with E-state index in [-0.39, 0.29) is 70.4 Å². The molecule has 0 saturated carbocycles. The van der Waals surface area contributed by atoms with Gasteiger partial charge in [-0.05, 0) is 0 Å². The predicted octanol–water partition coefficient (Wildman–Crippen LogP) is 0.293. The van der Waals surface area contributed by atoms with Crippen LogP contribution >= 0.6 is 33.9 Å². The molecule has 0 amide bonds. The van der Waals surface area contributed by atoms with Crippen LogP contribution in [0.3, 0.4) is 0 Å². The Kier molecular flexibility index (Phi) is 155. The van der Waals surface area contributed by atoms with Crippen molar-refractivity contribution in [2.75, 3.05) is 0 Å². The Morgan fingerprint density at radius 2 is 1.00 bits per heavy atom.